The number of primary amides is 1. The van der Waals surface area contributed by atoms with E-state index < -0.39 is 6.03 Å². The van der Waals surface area contributed by atoms with E-state index >= 15 is 0 Å². The lowest BCUT2D eigenvalue weighted by Crippen LogP contribution is -2.38. The van der Waals surface area contributed by atoms with Crippen LogP contribution in [0, 0.1) is 11.3 Å². The molecule has 0 aliphatic heterocycles. The minimum absolute atomic E-state index is 0.131. The molecule has 5 nitrogen and oxygen atoms in total. The minimum Gasteiger partial charge on any atom is -0.395 e. The Morgan fingerprint density at radius 2 is 2.27 bits per heavy atom. The summed E-state index contributed by atoms with van der Waals surface area (Å²) >= 11 is 0. The molecule has 0 saturated heterocycles. The summed E-state index contributed by atoms with van der Waals surface area (Å²) in [6, 6.07) is 1.28. The number of nitriles is 1. The minimum atomic E-state index is -0.602. The van der Waals surface area contributed by atoms with Crippen molar-refractivity contribution >= 4 is 6.03 Å². The maximum atomic E-state index is 10.5. The van der Waals surface area contributed by atoms with Crippen molar-refractivity contribution in [3.63, 3.8) is 0 Å². The lowest BCUT2D eigenvalue weighted by atomic mass is 10.4. The van der Waals surface area contributed by atoms with E-state index in [0.717, 1.165) is 0 Å². The van der Waals surface area contributed by atoms with Crippen LogP contribution in [0.25, 0.3) is 0 Å². The molecule has 0 spiro atoms. The van der Waals surface area contributed by atoms with Crippen LogP contribution in [0.3, 0.4) is 0 Å². The monoisotopic (exact) mass is 157 g/mol. The largest absolute Gasteiger partial charge is 0.395 e. The van der Waals surface area contributed by atoms with Crippen molar-refractivity contribution in [2.24, 2.45) is 5.73 Å². The van der Waals surface area contributed by atoms with E-state index in [4.69, 9.17) is 16.1 Å². The highest BCUT2D eigenvalue weighted by Crippen LogP contribution is 1.88. The third kappa shape index (κ3) is 4.17. The SMILES string of the molecule is N#CCCN(CCO)C(N)=O. The van der Waals surface area contributed by atoms with E-state index in [9.17, 15) is 4.79 Å². The van der Waals surface area contributed by atoms with Gasteiger partial charge in [0.2, 0.25) is 0 Å². The Morgan fingerprint density at radius 1 is 1.64 bits per heavy atom. The van der Waals surface area contributed by atoms with Gasteiger partial charge in [-0.15, -0.1) is 0 Å². The zero-order valence-corrected chi connectivity index (χ0v) is 6.16. The average molecular weight is 157 g/mol. The number of nitrogens with zero attached hydrogens (tertiary/aromatic N) is 2. The third-order valence-corrected chi connectivity index (χ3v) is 1.18. The molecule has 0 bridgehead atoms. The maximum absolute atomic E-state index is 10.5. The molecule has 0 fully saturated rings. The molecule has 0 unspecified atom stereocenters. The second-order valence-corrected chi connectivity index (χ2v) is 1.96. The van der Waals surface area contributed by atoms with Crippen LogP contribution in [0.15, 0.2) is 0 Å². The summed E-state index contributed by atoms with van der Waals surface area (Å²) in [4.78, 5) is 11.7. The highest BCUT2D eigenvalue weighted by Gasteiger charge is 2.06. The van der Waals surface area contributed by atoms with Crippen LogP contribution in [-0.4, -0.2) is 35.7 Å². The molecule has 11 heavy (non-hydrogen) atoms. The molecule has 62 valence electrons. The molecule has 0 rings (SSSR count). The molecule has 0 heterocycles. The predicted octanol–water partition coefficient (Wildman–Crippen LogP) is -0.727. The van der Waals surface area contributed by atoms with Gasteiger partial charge >= 0.3 is 6.03 Å². The Balaban J connectivity index is 3.71. The van der Waals surface area contributed by atoms with Crippen molar-refractivity contribution in [3.8, 4) is 6.07 Å². The number of urea groups is 1. The molecule has 0 aromatic carbocycles. The summed E-state index contributed by atoms with van der Waals surface area (Å²) in [6.07, 6.45) is 0.239. The van der Waals surface area contributed by atoms with Crippen molar-refractivity contribution in [2.45, 2.75) is 6.42 Å². The van der Waals surface area contributed by atoms with Crippen molar-refractivity contribution in [3.05, 3.63) is 0 Å². The Morgan fingerprint density at radius 3 is 2.64 bits per heavy atom. The number of hydrogen-bond acceptors (Lipinski definition) is 3. The smallest absolute Gasteiger partial charge is 0.314 e. The fourth-order valence-electron chi connectivity index (χ4n) is 0.638. The summed E-state index contributed by atoms with van der Waals surface area (Å²) in [7, 11) is 0. The van der Waals surface area contributed by atoms with Gasteiger partial charge in [-0.3, -0.25) is 0 Å². The first-order chi connectivity index (χ1) is 5.22. The number of nitrogens with two attached hydrogens (primary N) is 1. The van der Waals surface area contributed by atoms with Crippen LogP contribution in [0.2, 0.25) is 0 Å². The first kappa shape index (κ1) is 9.72. The van der Waals surface area contributed by atoms with Crippen molar-refractivity contribution in [1.29, 1.82) is 5.26 Å². The fourth-order valence-corrected chi connectivity index (χ4v) is 0.638. The number of carbonyl (C=O) groups excluding carboxylic acids is 1. The molecule has 0 radical (unpaired) electrons. The van der Waals surface area contributed by atoms with Gasteiger partial charge in [0, 0.05) is 13.1 Å². The Bertz CT molecular complexity index is 164. The molecule has 0 aromatic heterocycles. The topological polar surface area (TPSA) is 90.3 Å². The maximum Gasteiger partial charge on any atom is 0.314 e. The zero-order valence-electron chi connectivity index (χ0n) is 6.16. The van der Waals surface area contributed by atoms with Crippen LogP contribution < -0.4 is 5.73 Å². The van der Waals surface area contributed by atoms with E-state index in [1.807, 2.05) is 6.07 Å². The summed E-state index contributed by atoms with van der Waals surface area (Å²) in [5.74, 6) is 0. The number of rotatable bonds is 4. The first-order valence-corrected chi connectivity index (χ1v) is 3.24. The molecule has 0 aliphatic rings. The van der Waals surface area contributed by atoms with Crippen LogP contribution in [0.1, 0.15) is 6.42 Å². The van der Waals surface area contributed by atoms with Gasteiger partial charge in [0.05, 0.1) is 19.1 Å². The van der Waals surface area contributed by atoms with Gasteiger partial charge in [0.25, 0.3) is 0 Å². The van der Waals surface area contributed by atoms with Gasteiger partial charge in [-0.2, -0.15) is 5.26 Å². The average Bonchev–Trinajstić information content (AvgIpc) is 1.97. The second kappa shape index (κ2) is 5.50. The van der Waals surface area contributed by atoms with E-state index in [2.05, 4.69) is 0 Å². The van der Waals surface area contributed by atoms with Crippen LogP contribution in [0.5, 0.6) is 0 Å². The molecule has 2 amide bonds. The highest BCUT2D eigenvalue weighted by atomic mass is 16.3. The number of aliphatic hydroxyl groups excluding tert-OH is 1. The van der Waals surface area contributed by atoms with Gasteiger partial charge in [0.15, 0.2) is 0 Å². The van der Waals surface area contributed by atoms with Crippen LogP contribution in [0.4, 0.5) is 4.79 Å². The van der Waals surface area contributed by atoms with Crippen molar-refractivity contribution < 1.29 is 9.90 Å². The highest BCUT2D eigenvalue weighted by molar-refractivity contribution is 5.71. The summed E-state index contributed by atoms with van der Waals surface area (Å²) in [5.41, 5.74) is 4.93. The Hall–Kier alpha value is -1.28. The summed E-state index contributed by atoms with van der Waals surface area (Å²) in [5, 5.41) is 16.6. The number of aliphatic hydroxyl groups is 1. The van der Waals surface area contributed by atoms with Crippen LogP contribution in [-0.2, 0) is 0 Å². The molecule has 5 heteroatoms. The summed E-state index contributed by atoms with van der Waals surface area (Å²) < 4.78 is 0. The standard InChI is InChI=1S/C6H11N3O2/c7-2-1-3-9(4-5-10)6(8)11/h10H,1,3-5H2,(H2,8,11). The number of carbonyl (C=O) groups is 1. The Kier molecular flexibility index (Phi) is 4.86. The zero-order chi connectivity index (χ0) is 8.69. The van der Waals surface area contributed by atoms with E-state index in [1.54, 1.807) is 0 Å². The number of hydrogen-bond donors (Lipinski definition) is 2. The molecular formula is C6H11N3O2. The lowest BCUT2D eigenvalue weighted by Gasteiger charge is -2.16. The van der Waals surface area contributed by atoms with E-state index in [-0.39, 0.29) is 26.1 Å². The summed E-state index contributed by atoms with van der Waals surface area (Å²) in [6.45, 7) is 0.345. The molecular weight excluding hydrogens is 146 g/mol. The normalized spacial score (nSPS) is 8.73. The molecule has 0 aliphatic carbocycles. The third-order valence-electron chi connectivity index (χ3n) is 1.18. The molecule has 0 aromatic rings. The van der Waals surface area contributed by atoms with E-state index in [1.165, 1.54) is 4.90 Å². The predicted molar refractivity (Wildman–Crippen MR) is 38.5 cm³/mol. The number of amides is 2. The lowest BCUT2D eigenvalue weighted by molar-refractivity contribution is 0.186. The van der Waals surface area contributed by atoms with Gasteiger partial charge in [-0.25, -0.2) is 4.79 Å². The molecule has 0 saturated carbocycles. The Labute approximate surface area is 65.0 Å². The molecule has 3 N–H and O–H groups in total. The fraction of sp³-hybridized carbons (Fsp3) is 0.667. The van der Waals surface area contributed by atoms with Gasteiger partial charge in [0.1, 0.15) is 0 Å². The van der Waals surface area contributed by atoms with Crippen LogP contribution >= 0.6 is 0 Å². The van der Waals surface area contributed by atoms with Crippen molar-refractivity contribution in [1.82, 2.24) is 4.90 Å². The van der Waals surface area contributed by atoms with Gasteiger partial charge < -0.3 is 15.7 Å². The quantitative estimate of drug-likeness (QED) is 0.563. The van der Waals surface area contributed by atoms with Gasteiger partial charge in [-0.05, 0) is 0 Å². The van der Waals surface area contributed by atoms with E-state index in [0.29, 0.717) is 0 Å². The first-order valence-electron chi connectivity index (χ1n) is 3.24. The molecule has 0 atom stereocenters. The van der Waals surface area contributed by atoms with Gasteiger partial charge in [-0.1, -0.05) is 0 Å². The second-order valence-electron chi connectivity index (χ2n) is 1.96. The van der Waals surface area contributed by atoms with Crippen molar-refractivity contribution in [2.75, 3.05) is 19.7 Å².